The average Bonchev–Trinajstić information content (AvgIpc) is 3.17. The smallest absolute Gasteiger partial charge is 0.221 e. The van der Waals surface area contributed by atoms with E-state index in [0.29, 0.717) is 24.5 Å². The van der Waals surface area contributed by atoms with E-state index < -0.39 is 0 Å². The van der Waals surface area contributed by atoms with Gasteiger partial charge in [-0.15, -0.1) is 0 Å². The number of hydrogen-bond donors (Lipinski definition) is 1. The molecule has 1 atom stereocenters. The molecule has 0 aliphatic carbocycles. The summed E-state index contributed by atoms with van der Waals surface area (Å²) in [5.74, 6) is 1.14. The normalized spacial score (nSPS) is 11.8. The number of carbonyl (C=O) groups excluding carboxylic acids is 1. The zero-order valence-corrected chi connectivity index (χ0v) is 18.5. The van der Waals surface area contributed by atoms with Crippen LogP contribution >= 0.6 is 0 Å². The van der Waals surface area contributed by atoms with Gasteiger partial charge in [0.1, 0.15) is 0 Å². The molecule has 0 saturated carbocycles. The van der Waals surface area contributed by atoms with Gasteiger partial charge in [0.25, 0.3) is 0 Å². The molecule has 6 nitrogen and oxygen atoms in total. The van der Waals surface area contributed by atoms with Crippen molar-refractivity contribution in [1.29, 1.82) is 0 Å². The summed E-state index contributed by atoms with van der Waals surface area (Å²) in [4.78, 5) is 17.1. The molecular formula is C26H27N3O3. The molecule has 0 radical (unpaired) electrons. The van der Waals surface area contributed by atoms with Crippen LogP contribution in [0.1, 0.15) is 29.0 Å². The summed E-state index contributed by atoms with van der Waals surface area (Å²) < 4.78 is 13.0. The second kappa shape index (κ2) is 9.56. The maximum Gasteiger partial charge on any atom is 0.221 e. The Morgan fingerprint density at radius 1 is 1.06 bits per heavy atom. The van der Waals surface area contributed by atoms with E-state index in [1.54, 1.807) is 26.6 Å². The lowest BCUT2D eigenvalue weighted by molar-refractivity contribution is -0.121. The molecule has 4 aromatic rings. The van der Waals surface area contributed by atoms with Gasteiger partial charge in [0.2, 0.25) is 5.91 Å². The number of aryl methyl sites for hydroxylation is 1. The van der Waals surface area contributed by atoms with E-state index in [1.165, 1.54) is 0 Å². The zero-order valence-electron chi connectivity index (χ0n) is 18.5. The van der Waals surface area contributed by atoms with Gasteiger partial charge in [-0.3, -0.25) is 9.78 Å². The number of methoxy groups -OCH3 is 2. The average molecular weight is 430 g/mol. The quantitative estimate of drug-likeness (QED) is 0.450. The lowest BCUT2D eigenvalue weighted by atomic mass is 9.87. The van der Waals surface area contributed by atoms with Crippen LogP contribution in [-0.2, 0) is 18.4 Å². The number of nitrogens with zero attached hydrogens (tertiary/aromatic N) is 2. The van der Waals surface area contributed by atoms with Gasteiger partial charge in [-0.1, -0.05) is 30.3 Å². The third-order valence-corrected chi connectivity index (χ3v) is 5.72. The summed E-state index contributed by atoms with van der Waals surface area (Å²) in [5, 5.41) is 4.17. The standard InChI is InChI=1S/C26H27N3O3/c1-29-17-22(20-8-4-5-9-23(20)29)21(19-10-11-24(31-2)25(13-19)32-3)14-26(30)28-16-18-7-6-12-27-15-18/h4-13,15,17,21H,14,16H2,1-3H3,(H,28,30)/t21-/m0/s1. The molecular weight excluding hydrogens is 402 g/mol. The van der Waals surface area contributed by atoms with Crippen molar-refractivity contribution in [1.82, 2.24) is 14.9 Å². The first-order chi connectivity index (χ1) is 15.6. The van der Waals surface area contributed by atoms with Gasteiger partial charge in [-0.25, -0.2) is 0 Å². The molecule has 0 aliphatic heterocycles. The molecule has 1 N–H and O–H groups in total. The van der Waals surface area contributed by atoms with Crippen LogP contribution in [0.25, 0.3) is 10.9 Å². The van der Waals surface area contributed by atoms with Crippen LogP contribution in [0, 0.1) is 0 Å². The van der Waals surface area contributed by atoms with Crippen molar-refractivity contribution >= 4 is 16.8 Å². The summed E-state index contributed by atoms with van der Waals surface area (Å²) in [5.41, 5.74) is 4.19. The molecule has 32 heavy (non-hydrogen) atoms. The molecule has 0 bridgehead atoms. The molecule has 0 fully saturated rings. The van der Waals surface area contributed by atoms with Crippen LogP contribution in [-0.4, -0.2) is 29.7 Å². The largest absolute Gasteiger partial charge is 0.493 e. The minimum absolute atomic E-state index is 0.0263. The van der Waals surface area contributed by atoms with Crippen LogP contribution in [0.15, 0.2) is 73.2 Å². The van der Waals surface area contributed by atoms with Crippen LogP contribution in [0.3, 0.4) is 0 Å². The van der Waals surface area contributed by atoms with E-state index >= 15 is 0 Å². The number of amides is 1. The summed E-state index contributed by atoms with van der Waals surface area (Å²) in [6.45, 7) is 0.445. The van der Waals surface area contributed by atoms with Crippen molar-refractivity contribution in [2.75, 3.05) is 14.2 Å². The fourth-order valence-corrected chi connectivity index (χ4v) is 4.09. The Morgan fingerprint density at radius 2 is 1.88 bits per heavy atom. The van der Waals surface area contributed by atoms with Gasteiger partial charge in [-0.2, -0.15) is 0 Å². The first-order valence-corrected chi connectivity index (χ1v) is 10.5. The first kappa shape index (κ1) is 21.4. The molecule has 6 heteroatoms. The number of rotatable bonds is 8. The van der Waals surface area contributed by atoms with Crippen molar-refractivity contribution in [2.45, 2.75) is 18.9 Å². The van der Waals surface area contributed by atoms with E-state index in [0.717, 1.165) is 27.6 Å². The molecule has 0 unspecified atom stereocenters. The third-order valence-electron chi connectivity index (χ3n) is 5.72. The fraction of sp³-hybridized carbons (Fsp3) is 0.231. The fourth-order valence-electron chi connectivity index (χ4n) is 4.09. The maximum absolute atomic E-state index is 13.0. The number of pyridine rings is 1. The summed E-state index contributed by atoms with van der Waals surface area (Å²) >= 11 is 0. The number of carbonyl (C=O) groups is 1. The predicted octanol–water partition coefficient (Wildman–Crippen LogP) is 4.43. The van der Waals surface area contributed by atoms with E-state index in [9.17, 15) is 4.79 Å². The van der Waals surface area contributed by atoms with Gasteiger partial charge in [0.15, 0.2) is 11.5 Å². The highest BCUT2D eigenvalue weighted by atomic mass is 16.5. The Hall–Kier alpha value is -3.80. The van der Waals surface area contributed by atoms with Crippen molar-refractivity contribution in [2.24, 2.45) is 7.05 Å². The second-order valence-corrected chi connectivity index (χ2v) is 7.72. The highest BCUT2D eigenvalue weighted by Crippen LogP contribution is 2.38. The monoisotopic (exact) mass is 429 g/mol. The molecule has 2 aromatic heterocycles. The van der Waals surface area contributed by atoms with Crippen molar-refractivity contribution in [3.63, 3.8) is 0 Å². The highest BCUT2D eigenvalue weighted by Gasteiger charge is 2.23. The molecule has 0 saturated heterocycles. The maximum atomic E-state index is 13.0. The summed E-state index contributed by atoms with van der Waals surface area (Å²) in [6.07, 6.45) is 5.90. The number of nitrogens with one attached hydrogen (secondary N) is 1. The van der Waals surface area contributed by atoms with Crippen LogP contribution < -0.4 is 14.8 Å². The minimum atomic E-state index is -0.144. The Bertz CT molecular complexity index is 1220. The van der Waals surface area contributed by atoms with E-state index in [-0.39, 0.29) is 11.8 Å². The molecule has 2 aromatic carbocycles. The topological polar surface area (TPSA) is 65.4 Å². The number of hydrogen-bond acceptors (Lipinski definition) is 4. The number of para-hydroxylation sites is 1. The van der Waals surface area contributed by atoms with Gasteiger partial charge in [0.05, 0.1) is 14.2 Å². The Labute approximate surface area is 187 Å². The van der Waals surface area contributed by atoms with Crippen LogP contribution in [0.4, 0.5) is 0 Å². The molecule has 164 valence electrons. The SMILES string of the molecule is COc1ccc([C@H](CC(=O)NCc2cccnc2)c2cn(C)c3ccccc23)cc1OC. The third kappa shape index (κ3) is 4.44. The number of ether oxygens (including phenoxy) is 2. The number of aromatic nitrogens is 2. The summed E-state index contributed by atoms with van der Waals surface area (Å²) in [6, 6.07) is 17.9. The second-order valence-electron chi connectivity index (χ2n) is 7.72. The zero-order chi connectivity index (χ0) is 22.5. The molecule has 0 spiro atoms. The van der Waals surface area contributed by atoms with Gasteiger partial charge < -0.3 is 19.4 Å². The molecule has 1 amide bonds. The minimum Gasteiger partial charge on any atom is -0.493 e. The Balaban J connectivity index is 1.69. The van der Waals surface area contributed by atoms with Crippen molar-refractivity contribution in [3.05, 3.63) is 89.9 Å². The Kier molecular flexibility index (Phi) is 6.40. The predicted molar refractivity (Wildman–Crippen MR) is 125 cm³/mol. The Morgan fingerprint density at radius 3 is 2.62 bits per heavy atom. The van der Waals surface area contributed by atoms with Crippen molar-refractivity contribution in [3.8, 4) is 11.5 Å². The van der Waals surface area contributed by atoms with Gasteiger partial charge in [0, 0.05) is 55.4 Å². The number of fused-ring (bicyclic) bond motifs is 1. The van der Waals surface area contributed by atoms with E-state index in [4.69, 9.17) is 9.47 Å². The van der Waals surface area contributed by atoms with E-state index in [1.807, 2.05) is 49.5 Å². The highest BCUT2D eigenvalue weighted by molar-refractivity contribution is 5.86. The van der Waals surface area contributed by atoms with Crippen LogP contribution in [0.2, 0.25) is 0 Å². The number of benzene rings is 2. The van der Waals surface area contributed by atoms with Gasteiger partial charge >= 0.3 is 0 Å². The lowest BCUT2D eigenvalue weighted by Crippen LogP contribution is -2.25. The van der Waals surface area contributed by atoms with Gasteiger partial charge in [-0.05, 0) is 41.0 Å². The molecule has 4 rings (SSSR count). The van der Waals surface area contributed by atoms with Crippen molar-refractivity contribution < 1.29 is 14.3 Å². The lowest BCUT2D eigenvalue weighted by Gasteiger charge is -2.19. The molecule has 0 aliphatic rings. The van der Waals surface area contributed by atoms with Crippen LogP contribution in [0.5, 0.6) is 11.5 Å². The van der Waals surface area contributed by atoms with E-state index in [2.05, 4.69) is 33.2 Å². The first-order valence-electron chi connectivity index (χ1n) is 10.5. The molecule has 2 heterocycles. The summed E-state index contributed by atoms with van der Waals surface area (Å²) in [7, 11) is 5.26.